The molecule has 0 bridgehead atoms. The Hall–Kier alpha value is -2.43. The zero-order valence-electron chi connectivity index (χ0n) is 13.1. The van der Waals surface area contributed by atoms with E-state index in [9.17, 15) is 0 Å². The van der Waals surface area contributed by atoms with Gasteiger partial charge < -0.3 is 5.32 Å². The van der Waals surface area contributed by atoms with Crippen LogP contribution in [0.4, 0.5) is 5.69 Å². The summed E-state index contributed by atoms with van der Waals surface area (Å²) in [7, 11) is 1.92. The number of benzene rings is 1. The lowest BCUT2D eigenvalue weighted by Crippen LogP contribution is -2.10. The number of fused-ring (bicyclic) bond motifs is 1. The van der Waals surface area contributed by atoms with E-state index in [0.717, 1.165) is 48.5 Å². The van der Waals surface area contributed by atoms with Gasteiger partial charge >= 0.3 is 0 Å². The average Bonchev–Trinajstić information content (AvgIpc) is 2.93. The lowest BCUT2D eigenvalue weighted by Gasteiger charge is -2.11. The van der Waals surface area contributed by atoms with E-state index in [1.54, 1.807) is 6.33 Å². The molecule has 0 atom stereocenters. The van der Waals surface area contributed by atoms with Crippen LogP contribution in [0.1, 0.15) is 24.9 Å². The summed E-state index contributed by atoms with van der Waals surface area (Å²) in [5.41, 5.74) is 3.34. The van der Waals surface area contributed by atoms with Crippen LogP contribution >= 0.6 is 0 Å². The summed E-state index contributed by atoms with van der Waals surface area (Å²) in [4.78, 5) is 8.99. The summed E-state index contributed by atoms with van der Waals surface area (Å²) in [5.74, 6) is 0.986. The molecule has 1 aromatic carbocycles. The van der Waals surface area contributed by atoms with Gasteiger partial charge in [-0.2, -0.15) is 5.10 Å². The topological polar surface area (TPSA) is 55.6 Å². The SMILES string of the molecule is CCCc1cc(NCCc2ncnn2C)c2ccccc2n1. The van der Waals surface area contributed by atoms with Gasteiger partial charge in [0, 0.05) is 36.8 Å². The predicted molar refractivity (Wildman–Crippen MR) is 88.9 cm³/mol. The number of hydrogen-bond acceptors (Lipinski definition) is 4. The highest BCUT2D eigenvalue weighted by molar-refractivity contribution is 5.91. The largest absolute Gasteiger partial charge is 0.384 e. The van der Waals surface area contributed by atoms with Crippen LogP contribution in [0.15, 0.2) is 36.7 Å². The summed E-state index contributed by atoms with van der Waals surface area (Å²) < 4.78 is 1.81. The Morgan fingerprint density at radius 1 is 1.18 bits per heavy atom. The zero-order valence-corrected chi connectivity index (χ0v) is 13.1. The molecule has 0 spiro atoms. The molecule has 0 fully saturated rings. The molecule has 3 aromatic rings. The minimum Gasteiger partial charge on any atom is -0.384 e. The van der Waals surface area contributed by atoms with E-state index in [4.69, 9.17) is 4.98 Å². The highest BCUT2D eigenvalue weighted by Gasteiger charge is 2.06. The van der Waals surface area contributed by atoms with Crippen molar-refractivity contribution in [2.75, 3.05) is 11.9 Å². The molecule has 0 radical (unpaired) electrons. The van der Waals surface area contributed by atoms with E-state index in [2.05, 4.69) is 46.6 Å². The van der Waals surface area contributed by atoms with Gasteiger partial charge in [-0.25, -0.2) is 4.98 Å². The van der Waals surface area contributed by atoms with E-state index < -0.39 is 0 Å². The zero-order chi connectivity index (χ0) is 15.4. The Balaban J connectivity index is 1.80. The number of nitrogens with one attached hydrogen (secondary N) is 1. The van der Waals surface area contributed by atoms with E-state index >= 15 is 0 Å². The number of anilines is 1. The Morgan fingerprint density at radius 2 is 2.05 bits per heavy atom. The third-order valence-electron chi connectivity index (χ3n) is 3.74. The third-order valence-corrected chi connectivity index (χ3v) is 3.74. The molecule has 5 nitrogen and oxygen atoms in total. The standard InChI is InChI=1S/C17H21N5/c1-3-6-13-11-16(14-7-4-5-8-15(14)21-13)18-10-9-17-19-12-20-22(17)2/h4-5,7-8,11-12H,3,6,9-10H2,1-2H3,(H,18,21). The maximum atomic E-state index is 4.73. The van der Waals surface area contributed by atoms with Crippen molar-refractivity contribution in [2.45, 2.75) is 26.2 Å². The van der Waals surface area contributed by atoms with Crippen molar-refractivity contribution in [1.82, 2.24) is 19.7 Å². The number of hydrogen-bond donors (Lipinski definition) is 1. The Kier molecular flexibility index (Phi) is 4.32. The van der Waals surface area contributed by atoms with Gasteiger partial charge in [-0.3, -0.25) is 9.67 Å². The van der Waals surface area contributed by atoms with Crippen LogP contribution in [0.2, 0.25) is 0 Å². The van der Waals surface area contributed by atoms with Crippen molar-refractivity contribution in [3.05, 3.63) is 48.2 Å². The predicted octanol–water partition coefficient (Wildman–Crippen LogP) is 2.97. The normalized spacial score (nSPS) is 11.0. The molecule has 0 amide bonds. The molecule has 0 saturated carbocycles. The van der Waals surface area contributed by atoms with Crippen LogP contribution in [0.3, 0.4) is 0 Å². The van der Waals surface area contributed by atoms with E-state index in [-0.39, 0.29) is 0 Å². The molecule has 3 rings (SSSR count). The average molecular weight is 295 g/mol. The van der Waals surface area contributed by atoms with Crippen LogP contribution in [-0.2, 0) is 19.9 Å². The fraction of sp³-hybridized carbons (Fsp3) is 0.353. The molecule has 2 aromatic heterocycles. The van der Waals surface area contributed by atoms with Gasteiger partial charge in [-0.1, -0.05) is 31.5 Å². The lowest BCUT2D eigenvalue weighted by atomic mass is 10.1. The van der Waals surface area contributed by atoms with Crippen molar-refractivity contribution < 1.29 is 0 Å². The molecular formula is C17H21N5. The first-order valence-electron chi connectivity index (χ1n) is 7.73. The molecule has 0 saturated heterocycles. The molecule has 2 heterocycles. The van der Waals surface area contributed by atoms with Gasteiger partial charge in [-0.15, -0.1) is 0 Å². The van der Waals surface area contributed by atoms with E-state index in [1.165, 1.54) is 5.39 Å². The van der Waals surface area contributed by atoms with Crippen molar-refractivity contribution in [2.24, 2.45) is 7.05 Å². The van der Waals surface area contributed by atoms with Gasteiger partial charge in [0.05, 0.1) is 5.52 Å². The smallest absolute Gasteiger partial charge is 0.138 e. The monoisotopic (exact) mass is 295 g/mol. The fourth-order valence-corrected chi connectivity index (χ4v) is 2.62. The lowest BCUT2D eigenvalue weighted by molar-refractivity contribution is 0.701. The molecule has 0 unspecified atom stereocenters. The molecular weight excluding hydrogens is 274 g/mol. The number of para-hydroxylation sites is 1. The molecule has 0 aliphatic carbocycles. The fourth-order valence-electron chi connectivity index (χ4n) is 2.62. The minimum atomic E-state index is 0.826. The van der Waals surface area contributed by atoms with Gasteiger partial charge in [0.25, 0.3) is 0 Å². The van der Waals surface area contributed by atoms with Crippen molar-refractivity contribution in [3.8, 4) is 0 Å². The first kappa shape index (κ1) is 14.5. The van der Waals surface area contributed by atoms with Gasteiger partial charge in [0.1, 0.15) is 12.2 Å². The van der Waals surface area contributed by atoms with Crippen molar-refractivity contribution in [1.29, 1.82) is 0 Å². The van der Waals surface area contributed by atoms with Crippen LogP contribution in [0.25, 0.3) is 10.9 Å². The van der Waals surface area contributed by atoms with E-state index in [1.807, 2.05) is 17.8 Å². The third kappa shape index (κ3) is 3.08. The summed E-state index contributed by atoms with van der Waals surface area (Å²) in [6, 6.07) is 10.4. The van der Waals surface area contributed by atoms with Crippen LogP contribution in [-0.4, -0.2) is 26.3 Å². The quantitative estimate of drug-likeness (QED) is 0.759. The summed E-state index contributed by atoms with van der Waals surface area (Å²) in [6.45, 7) is 3.00. The second kappa shape index (κ2) is 6.56. The minimum absolute atomic E-state index is 0.826. The van der Waals surface area contributed by atoms with Gasteiger partial charge in [0.15, 0.2) is 0 Å². The Morgan fingerprint density at radius 3 is 2.82 bits per heavy atom. The second-order valence-electron chi connectivity index (χ2n) is 5.40. The molecule has 1 N–H and O–H groups in total. The maximum Gasteiger partial charge on any atom is 0.138 e. The molecule has 0 aliphatic heterocycles. The number of nitrogens with zero attached hydrogens (tertiary/aromatic N) is 4. The highest BCUT2D eigenvalue weighted by Crippen LogP contribution is 2.23. The highest BCUT2D eigenvalue weighted by atomic mass is 15.3. The number of aromatic nitrogens is 4. The van der Waals surface area contributed by atoms with Crippen LogP contribution in [0.5, 0.6) is 0 Å². The first-order valence-corrected chi connectivity index (χ1v) is 7.73. The van der Waals surface area contributed by atoms with Crippen molar-refractivity contribution >= 4 is 16.6 Å². The summed E-state index contributed by atoms with van der Waals surface area (Å²) in [6.07, 6.45) is 4.54. The number of aryl methyl sites for hydroxylation is 2. The Labute approximate surface area is 130 Å². The second-order valence-corrected chi connectivity index (χ2v) is 5.40. The number of pyridine rings is 1. The summed E-state index contributed by atoms with van der Waals surface area (Å²) in [5, 5.41) is 8.80. The molecule has 0 aliphatic rings. The first-order chi connectivity index (χ1) is 10.8. The Bertz CT molecular complexity index is 763. The molecule has 114 valence electrons. The van der Waals surface area contributed by atoms with Crippen LogP contribution < -0.4 is 5.32 Å². The van der Waals surface area contributed by atoms with Gasteiger partial charge in [-0.05, 0) is 18.6 Å². The number of rotatable bonds is 6. The van der Waals surface area contributed by atoms with Crippen LogP contribution in [0, 0.1) is 0 Å². The van der Waals surface area contributed by atoms with E-state index in [0.29, 0.717) is 0 Å². The van der Waals surface area contributed by atoms with Crippen molar-refractivity contribution in [3.63, 3.8) is 0 Å². The molecule has 22 heavy (non-hydrogen) atoms. The maximum absolute atomic E-state index is 4.73. The molecule has 5 heteroatoms. The van der Waals surface area contributed by atoms with Gasteiger partial charge in [0.2, 0.25) is 0 Å². The summed E-state index contributed by atoms with van der Waals surface area (Å²) >= 11 is 0.